The molecule has 2 bridgehead atoms. The van der Waals surface area contributed by atoms with E-state index in [0.717, 1.165) is 18.4 Å². The zero-order valence-corrected chi connectivity index (χ0v) is 25.3. The molecule has 1 N–H and O–H groups in total. The van der Waals surface area contributed by atoms with Crippen molar-refractivity contribution in [1.82, 2.24) is 10.3 Å². The number of amides is 1. The highest BCUT2D eigenvalue weighted by Crippen LogP contribution is 2.65. The van der Waals surface area contributed by atoms with E-state index in [4.69, 9.17) is 14.0 Å². The predicted molar refractivity (Wildman–Crippen MR) is 166 cm³/mol. The Morgan fingerprint density at radius 2 is 1.98 bits per heavy atom. The van der Waals surface area contributed by atoms with Crippen molar-refractivity contribution in [1.29, 1.82) is 5.26 Å². The van der Waals surface area contributed by atoms with Gasteiger partial charge in [0.15, 0.2) is 11.6 Å². The first-order chi connectivity index (χ1) is 21.2. The number of allylic oxidation sites excluding steroid dienone is 1. The van der Waals surface area contributed by atoms with E-state index in [0.29, 0.717) is 35.1 Å². The Kier molecular flexibility index (Phi) is 8.32. The van der Waals surface area contributed by atoms with Gasteiger partial charge in [-0.3, -0.25) is 9.78 Å². The number of hydrogen-bond donors (Lipinski definition) is 1. The summed E-state index contributed by atoms with van der Waals surface area (Å²) >= 11 is 0. The van der Waals surface area contributed by atoms with Crippen molar-refractivity contribution >= 4 is 24.7 Å². The molecule has 7 nitrogen and oxygen atoms in total. The number of halogens is 1. The molecule has 9 heteroatoms. The lowest BCUT2D eigenvalue weighted by Crippen LogP contribution is -2.65. The van der Waals surface area contributed by atoms with Crippen molar-refractivity contribution < 1.29 is 23.2 Å². The third-order valence-corrected chi connectivity index (χ3v) is 9.86. The SMILES string of the molecule is CC1(C)[C@@H]2C[C@H]3OB([C@H](Cc4ccccc4)NC(=O)CCOc4cc(C=C(C#N)c5ccccn5)ccc4F)O[C@@]3(C)[C@H]1C2. The van der Waals surface area contributed by atoms with E-state index < -0.39 is 18.9 Å². The Labute approximate surface area is 258 Å². The van der Waals surface area contributed by atoms with E-state index in [2.05, 4.69) is 37.1 Å². The molecular weight excluding hydrogens is 556 g/mol. The molecule has 1 saturated heterocycles. The molecule has 1 amide bonds. The smallest absolute Gasteiger partial charge is 0.482 e. The van der Waals surface area contributed by atoms with Gasteiger partial charge >= 0.3 is 7.12 Å². The van der Waals surface area contributed by atoms with Gasteiger partial charge in [-0.2, -0.15) is 5.26 Å². The highest BCUT2D eigenvalue weighted by molar-refractivity contribution is 6.48. The molecule has 4 fully saturated rings. The second kappa shape index (κ2) is 12.2. The number of nitrogens with one attached hydrogen (secondary N) is 1. The van der Waals surface area contributed by atoms with E-state index in [-0.39, 0.29) is 41.8 Å². The molecule has 44 heavy (non-hydrogen) atoms. The van der Waals surface area contributed by atoms with Gasteiger partial charge in [-0.15, -0.1) is 0 Å². The molecular formula is C35H37BFN3O4. The maximum Gasteiger partial charge on any atom is 0.482 e. The van der Waals surface area contributed by atoms with Crippen LogP contribution in [-0.4, -0.2) is 42.3 Å². The van der Waals surface area contributed by atoms with E-state index >= 15 is 0 Å². The molecule has 2 heterocycles. The highest BCUT2D eigenvalue weighted by atomic mass is 19.1. The second-order valence-electron chi connectivity index (χ2n) is 12.9. The molecule has 0 spiro atoms. The molecule has 0 radical (unpaired) electrons. The number of nitrogens with zero attached hydrogens (tertiary/aromatic N) is 2. The number of aromatic nitrogens is 1. The summed E-state index contributed by atoms with van der Waals surface area (Å²) in [5.74, 6) is -0.130. The first-order valence-electron chi connectivity index (χ1n) is 15.3. The standard InChI is InChI=1S/C35H37BFN3O4/c1-34(2)26-20-30(34)35(3)31(21-26)43-36(44-35)32(19-23-9-5-4-6-10-23)40-33(41)14-16-42-29-18-24(12-13-27(29)37)17-25(22-38)28-11-7-8-15-39-28/h4-13,15,17-18,26,30-32H,14,16,19-21H2,1-3H3,(H,40,41)/t26-,30-,31+,32-,35-/m0/s1. The maximum absolute atomic E-state index is 14.6. The summed E-state index contributed by atoms with van der Waals surface area (Å²) in [6.07, 6.45) is 5.93. The summed E-state index contributed by atoms with van der Waals surface area (Å²) in [5.41, 5.74) is 2.36. The zero-order valence-electron chi connectivity index (χ0n) is 25.3. The van der Waals surface area contributed by atoms with Crippen LogP contribution >= 0.6 is 0 Å². The Morgan fingerprint density at radius 3 is 2.70 bits per heavy atom. The summed E-state index contributed by atoms with van der Waals surface area (Å²) in [6, 6.07) is 21.8. The number of hydrogen-bond acceptors (Lipinski definition) is 6. The van der Waals surface area contributed by atoms with Crippen molar-refractivity contribution in [3.63, 3.8) is 0 Å². The molecule has 226 valence electrons. The van der Waals surface area contributed by atoms with Gasteiger partial charge in [0.1, 0.15) is 6.07 Å². The van der Waals surface area contributed by atoms with Crippen LogP contribution in [0.2, 0.25) is 0 Å². The van der Waals surface area contributed by atoms with Crippen LogP contribution in [-0.2, 0) is 20.5 Å². The minimum atomic E-state index is -0.570. The molecule has 3 saturated carbocycles. The average molecular weight is 594 g/mol. The Morgan fingerprint density at radius 1 is 1.18 bits per heavy atom. The van der Waals surface area contributed by atoms with Gasteiger partial charge in [0.05, 0.1) is 41.9 Å². The van der Waals surface area contributed by atoms with Crippen LogP contribution in [0, 0.1) is 34.4 Å². The van der Waals surface area contributed by atoms with Gasteiger partial charge in [0.2, 0.25) is 5.91 Å². The summed E-state index contributed by atoms with van der Waals surface area (Å²) < 4.78 is 33.5. The number of rotatable bonds is 10. The molecule has 2 aromatic carbocycles. The molecule has 1 aromatic heterocycles. The van der Waals surface area contributed by atoms with Gasteiger partial charge in [-0.05, 0) is 84.9 Å². The lowest BCUT2D eigenvalue weighted by Gasteiger charge is -2.64. The monoisotopic (exact) mass is 593 g/mol. The Hall–Kier alpha value is -4.00. The number of carbonyl (C=O) groups is 1. The summed E-state index contributed by atoms with van der Waals surface area (Å²) in [5, 5.41) is 12.7. The van der Waals surface area contributed by atoms with Gasteiger partial charge in [-0.25, -0.2) is 4.39 Å². The van der Waals surface area contributed by atoms with Crippen molar-refractivity contribution in [2.75, 3.05) is 6.61 Å². The first-order valence-corrected chi connectivity index (χ1v) is 15.3. The Balaban J connectivity index is 1.11. The fourth-order valence-corrected chi connectivity index (χ4v) is 7.26. The third-order valence-electron chi connectivity index (χ3n) is 9.86. The molecule has 3 aliphatic carbocycles. The van der Waals surface area contributed by atoms with Crippen LogP contribution in [0.1, 0.15) is 56.9 Å². The molecule has 7 rings (SSSR count). The minimum absolute atomic E-state index is 0.00584. The first kappa shape index (κ1) is 30.0. The second-order valence-corrected chi connectivity index (χ2v) is 12.9. The number of carbonyl (C=O) groups excluding carboxylic acids is 1. The average Bonchev–Trinajstić information content (AvgIpc) is 3.39. The lowest BCUT2D eigenvalue weighted by molar-refractivity contribution is -0.199. The van der Waals surface area contributed by atoms with Gasteiger partial charge in [0.25, 0.3) is 0 Å². The lowest BCUT2D eigenvalue weighted by atomic mass is 9.43. The molecule has 1 aliphatic heterocycles. The van der Waals surface area contributed by atoms with E-state index in [1.165, 1.54) is 12.1 Å². The van der Waals surface area contributed by atoms with E-state index in [9.17, 15) is 14.4 Å². The Bertz CT molecular complexity index is 1580. The number of pyridine rings is 1. The number of ether oxygens (including phenoxy) is 1. The van der Waals surface area contributed by atoms with Crippen LogP contribution in [0.5, 0.6) is 5.75 Å². The maximum atomic E-state index is 14.6. The highest BCUT2D eigenvalue weighted by Gasteiger charge is 2.68. The molecule has 0 unspecified atom stereocenters. The van der Waals surface area contributed by atoms with Crippen LogP contribution in [0.15, 0.2) is 72.9 Å². The fourth-order valence-electron chi connectivity index (χ4n) is 7.26. The van der Waals surface area contributed by atoms with Gasteiger partial charge in [-0.1, -0.05) is 56.3 Å². The van der Waals surface area contributed by atoms with Crippen LogP contribution in [0.25, 0.3) is 11.6 Å². The summed E-state index contributed by atoms with van der Waals surface area (Å²) in [7, 11) is -0.570. The van der Waals surface area contributed by atoms with Crippen molar-refractivity contribution in [2.24, 2.45) is 17.3 Å². The van der Waals surface area contributed by atoms with Crippen LogP contribution in [0.3, 0.4) is 0 Å². The normalized spacial score (nSPS) is 25.8. The zero-order chi connectivity index (χ0) is 30.9. The predicted octanol–water partition coefficient (Wildman–Crippen LogP) is 6.05. The van der Waals surface area contributed by atoms with Gasteiger partial charge < -0.3 is 19.4 Å². The van der Waals surface area contributed by atoms with Gasteiger partial charge in [0, 0.05) is 6.20 Å². The van der Waals surface area contributed by atoms with Crippen LogP contribution < -0.4 is 10.1 Å². The van der Waals surface area contributed by atoms with Crippen molar-refractivity contribution in [3.05, 3.63) is 95.6 Å². The fraction of sp³-hybridized carbons (Fsp3) is 0.400. The summed E-state index contributed by atoms with van der Waals surface area (Å²) in [4.78, 5) is 17.4. The van der Waals surface area contributed by atoms with E-state index in [1.54, 1.807) is 36.5 Å². The minimum Gasteiger partial charge on any atom is -0.490 e. The molecule has 4 aliphatic rings. The largest absolute Gasteiger partial charge is 0.490 e. The van der Waals surface area contributed by atoms with Crippen LogP contribution in [0.4, 0.5) is 4.39 Å². The van der Waals surface area contributed by atoms with E-state index in [1.807, 2.05) is 30.3 Å². The van der Waals surface area contributed by atoms with Crippen molar-refractivity contribution in [2.45, 2.75) is 64.1 Å². The quantitative estimate of drug-likeness (QED) is 0.227. The third kappa shape index (κ3) is 5.89. The van der Waals surface area contributed by atoms with Crippen molar-refractivity contribution in [3.8, 4) is 11.8 Å². The molecule has 5 atom stereocenters. The topological polar surface area (TPSA) is 93.5 Å². The number of nitriles is 1. The number of benzene rings is 2. The summed E-state index contributed by atoms with van der Waals surface area (Å²) in [6.45, 7) is 6.79. The molecule has 3 aromatic rings.